The molecule has 2 aliphatic rings. The van der Waals surface area contributed by atoms with E-state index in [4.69, 9.17) is 0 Å². The lowest BCUT2D eigenvalue weighted by Gasteiger charge is -2.41. The van der Waals surface area contributed by atoms with Crippen LogP contribution < -0.4 is 5.32 Å². The zero-order valence-electron chi connectivity index (χ0n) is 14.2. The van der Waals surface area contributed by atoms with Crippen molar-refractivity contribution in [3.8, 4) is 0 Å². The van der Waals surface area contributed by atoms with E-state index in [0.717, 1.165) is 24.9 Å². The maximum atomic E-state index is 12.3. The number of likely N-dealkylation sites (tertiary alicyclic amines) is 1. The summed E-state index contributed by atoms with van der Waals surface area (Å²) in [6.07, 6.45) is 6.54. The highest BCUT2D eigenvalue weighted by atomic mass is 16.6. The Morgan fingerprint density at radius 1 is 1.29 bits per heavy atom. The second-order valence-corrected chi connectivity index (χ2v) is 7.13. The number of nitro benzene ring substituents is 1. The Balaban J connectivity index is 1.55. The fourth-order valence-electron chi connectivity index (χ4n) is 4.11. The minimum absolute atomic E-state index is 0.0405. The number of non-ortho nitro benzene ring substituents is 1. The average Bonchev–Trinajstić information content (AvgIpc) is 2.56. The van der Waals surface area contributed by atoms with Crippen LogP contribution in [-0.2, 0) is 4.79 Å². The van der Waals surface area contributed by atoms with Crippen molar-refractivity contribution in [1.29, 1.82) is 0 Å². The van der Waals surface area contributed by atoms with E-state index in [0.29, 0.717) is 17.8 Å². The molecule has 24 heavy (non-hydrogen) atoms. The Morgan fingerprint density at radius 3 is 2.75 bits per heavy atom. The number of aryl methyl sites for hydroxylation is 1. The maximum absolute atomic E-state index is 12.3. The first kappa shape index (κ1) is 16.9. The average molecular weight is 331 g/mol. The van der Waals surface area contributed by atoms with Gasteiger partial charge in [0.2, 0.25) is 5.91 Å². The molecule has 1 saturated heterocycles. The normalized spacial score (nSPS) is 24.2. The molecular weight excluding hydrogens is 306 g/mol. The van der Waals surface area contributed by atoms with Crippen LogP contribution in [-0.4, -0.2) is 35.4 Å². The molecule has 1 aromatic carbocycles. The summed E-state index contributed by atoms with van der Waals surface area (Å²) < 4.78 is 0. The highest BCUT2D eigenvalue weighted by Gasteiger charge is 2.31. The predicted molar refractivity (Wildman–Crippen MR) is 93.0 cm³/mol. The molecule has 2 fully saturated rings. The smallest absolute Gasteiger partial charge is 0.269 e. The second-order valence-electron chi connectivity index (χ2n) is 7.13. The SMILES string of the molecule is Cc1cc([N+](=O)[O-])ccc1NC(=O)CN1CC[C@@H]2CCCC[C@@H]2C1. The Labute approximate surface area is 142 Å². The van der Waals surface area contributed by atoms with Crippen molar-refractivity contribution in [3.05, 3.63) is 33.9 Å². The van der Waals surface area contributed by atoms with Crippen LogP contribution in [0.2, 0.25) is 0 Å². The van der Waals surface area contributed by atoms with Gasteiger partial charge >= 0.3 is 0 Å². The van der Waals surface area contributed by atoms with Gasteiger partial charge in [0.05, 0.1) is 11.5 Å². The molecule has 0 unspecified atom stereocenters. The lowest BCUT2D eigenvalue weighted by molar-refractivity contribution is -0.384. The lowest BCUT2D eigenvalue weighted by Crippen LogP contribution is -2.44. The maximum Gasteiger partial charge on any atom is 0.269 e. The van der Waals surface area contributed by atoms with E-state index < -0.39 is 4.92 Å². The molecule has 0 radical (unpaired) electrons. The van der Waals surface area contributed by atoms with Crippen molar-refractivity contribution >= 4 is 17.3 Å². The number of anilines is 1. The molecule has 3 rings (SSSR count). The van der Waals surface area contributed by atoms with Crippen LogP contribution in [0.25, 0.3) is 0 Å². The molecule has 1 amide bonds. The molecule has 2 atom stereocenters. The number of piperidine rings is 1. The molecule has 0 aromatic heterocycles. The molecule has 6 nitrogen and oxygen atoms in total. The van der Waals surface area contributed by atoms with Crippen molar-refractivity contribution in [3.63, 3.8) is 0 Å². The first-order valence-corrected chi connectivity index (χ1v) is 8.80. The van der Waals surface area contributed by atoms with Crippen LogP contribution >= 0.6 is 0 Å². The number of nitrogens with zero attached hydrogens (tertiary/aromatic N) is 2. The fraction of sp³-hybridized carbons (Fsp3) is 0.611. The Hall–Kier alpha value is -1.95. The molecule has 1 aliphatic carbocycles. The molecule has 6 heteroatoms. The number of benzene rings is 1. The molecule has 0 spiro atoms. The highest BCUT2D eigenvalue weighted by molar-refractivity contribution is 5.93. The van der Waals surface area contributed by atoms with Crippen LogP contribution in [0.15, 0.2) is 18.2 Å². The van der Waals surface area contributed by atoms with Gasteiger partial charge in [-0.25, -0.2) is 0 Å². The molecule has 1 N–H and O–H groups in total. The van der Waals surface area contributed by atoms with E-state index in [1.165, 1.54) is 44.2 Å². The molecule has 1 aliphatic heterocycles. The number of nitro groups is 1. The number of carbonyl (C=O) groups excluding carboxylic acids is 1. The molecule has 1 saturated carbocycles. The Kier molecular flexibility index (Phi) is 5.14. The number of rotatable bonds is 4. The van der Waals surface area contributed by atoms with Gasteiger partial charge in [0.15, 0.2) is 0 Å². The van der Waals surface area contributed by atoms with E-state index in [9.17, 15) is 14.9 Å². The van der Waals surface area contributed by atoms with Gasteiger partial charge in [0.1, 0.15) is 0 Å². The Morgan fingerprint density at radius 2 is 2.04 bits per heavy atom. The van der Waals surface area contributed by atoms with E-state index in [2.05, 4.69) is 10.2 Å². The van der Waals surface area contributed by atoms with Gasteiger partial charge in [-0.15, -0.1) is 0 Å². The predicted octanol–water partition coefficient (Wildman–Crippen LogP) is 3.35. The van der Waals surface area contributed by atoms with Crippen molar-refractivity contribution in [2.45, 2.75) is 39.0 Å². The monoisotopic (exact) mass is 331 g/mol. The number of carbonyl (C=O) groups is 1. The van der Waals surface area contributed by atoms with Crippen LogP contribution in [0.5, 0.6) is 0 Å². The van der Waals surface area contributed by atoms with Crippen molar-refractivity contribution in [1.82, 2.24) is 4.90 Å². The Bertz CT molecular complexity index is 632. The van der Waals surface area contributed by atoms with Gasteiger partial charge < -0.3 is 5.32 Å². The number of nitrogens with one attached hydrogen (secondary N) is 1. The number of fused-ring (bicyclic) bond motifs is 1. The van der Waals surface area contributed by atoms with E-state index in [-0.39, 0.29) is 11.6 Å². The minimum Gasteiger partial charge on any atom is -0.325 e. The van der Waals surface area contributed by atoms with Crippen molar-refractivity contribution in [2.75, 3.05) is 25.0 Å². The molecular formula is C18H25N3O3. The highest BCUT2D eigenvalue weighted by Crippen LogP contribution is 2.35. The van der Waals surface area contributed by atoms with Gasteiger partial charge in [-0.3, -0.25) is 19.8 Å². The molecule has 0 bridgehead atoms. The van der Waals surface area contributed by atoms with Crippen molar-refractivity contribution < 1.29 is 9.72 Å². The lowest BCUT2D eigenvalue weighted by atomic mass is 9.75. The summed E-state index contributed by atoms with van der Waals surface area (Å²) in [5, 5.41) is 13.7. The van der Waals surface area contributed by atoms with Gasteiger partial charge in [0, 0.05) is 24.4 Å². The topological polar surface area (TPSA) is 75.5 Å². The first-order valence-electron chi connectivity index (χ1n) is 8.80. The van der Waals surface area contributed by atoms with Gasteiger partial charge in [-0.1, -0.05) is 19.3 Å². The summed E-state index contributed by atoms with van der Waals surface area (Å²) in [5.74, 6) is 1.57. The molecule has 1 aromatic rings. The number of hydrogen-bond acceptors (Lipinski definition) is 4. The summed E-state index contributed by atoms with van der Waals surface area (Å²) >= 11 is 0. The fourth-order valence-corrected chi connectivity index (χ4v) is 4.11. The number of amides is 1. The van der Waals surface area contributed by atoms with Gasteiger partial charge in [-0.05, 0) is 49.8 Å². The third-order valence-electron chi connectivity index (χ3n) is 5.44. The second kappa shape index (κ2) is 7.30. The zero-order chi connectivity index (χ0) is 17.1. The van der Waals surface area contributed by atoms with Gasteiger partial charge in [-0.2, -0.15) is 0 Å². The van der Waals surface area contributed by atoms with Gasteiger partial charge in [0.25, 0.3) is 5.69 Å². The third kappa shape index (κ3) is 3.93. The summed E-state index contributed by atoms with van der Waals surface area (Å²) in [4.78, 5) is 24.9. The quantitative estimate of drug-likeness (QED) is 0.678. The van der Waals surface area contributed by atoms with E-state index in [1.54, 1.807) is 13.0 Å². The zero-order valence-corrected chi connectivity index (χ0v) is 14.2. The summed E-state index contributed by atoms with van der Waals surface area (Å²) in [6.45, 7) is 4.20. The summed E-state index contributed by atoms with van der Waals surface area (Å²) in [5.41, 5.74) is 1.41. The molecule has 130 valence electrons. The van der Waals surface area contributed by atoms with Crippen LogP contribution in [0.3, 0.4) is 0 Å². The number of hydrogen-bond donors (Lipinski definition) is 1. The van der Waals surface area contributed by atoms with E-state index in [1.807, 2.05) is 0 Å². The summed E-state index contributed by atoms with van der Waals surface area (Å²) in [7, 11) is 0. The minimum atomic E-state index is -0.424. The van der Waals surface area contributed by atoms with Crippen molar-refractivity contribution in [2.24, 2.45) is 11.8 Å². The van der Waals surface area contributed by atoms with E-state index >= 15 is 0 Å². The largest absolute Gasteiger partial charge is 0.325 e. The molecule has 1 heterocycles. The standard InChI is InChI=1S/C18H25N3O3/c1-13-10-16(21(23)24)6-7-17(13)19-18(22)12-20-9-8-14-4-2-3-5-15(14)11-20/h6-7,10,14-15H,2-5,8-9,11-12H2,1H3,(H,19,22)/t14-,15+/m0/s1. The van der Waals surface area contributed by atoms with Crippen LogP contribution in [0, 0.1) is 28.9 Å². The third-order valence-corrected chi connectivity index (χ3v) is 5.44. The first-order chi connectivity index (χ1) is 11.5. The summed E-state index contributed by atoms with van der Waals surface area (Å²) in [6, 6.07) is 4.53. The van der Waals surface area contributed by atoms with Crippen LogP contribution in [0.4, 0.5) is 11.4 Å². The van der Waals surface area contributed by atoms with Crippen LogP contribution in [0.1, 0.15) is 37.7 Å².